The van der Waals surface area contributed by atoms with E-state index in [1.165, 1.54) is 27.5 Å². The number of rotatable bonds is 3. The van der Waals surface area contributed by atoms with Crippen LogP contribution in [0.3, 0.4) is 0 Å². The van der Waals surface area contributed by atoms with E-state index >= 15 is 0 Å². The summed E-state index contributed by atoms with van der Waals surface area (Å²) in [5.41, 5.74) is 12.8. The first kappa shape index (κ1) is 38.0. The van der Waals surface area contributed by atoms with Gasteiger partial charge in [-0.15, -0.1) is 34.8 Å². The van der Waals surface area contributed by atoms with Crippen molar-refractivity contribution in [2.24, 2.45) is 0 Å². The van der Waals surface area contributed by atoms with Gasteiger partial charge in [-0.25, -0.2) is 4.98 Å². The first-order valence-electron chi connectivity index (χ1n) is 19.9. The Morgan fingerprint density at radius 1 is 0.586 bits per heavy atom. The van der Waals surface area contributed by atoms with Gasteiger partial charge in [0.05, 0.1) is 5.52 Å². The van der Waals surface area contributed by atoms with E-state index in [9.17, 15) is 0 Å². The van der Waals surface area contributed by atoms with E-state index in [0.29, 0.717) is 5.82 Å². The molecule has 5 nitrogen and oxygen atoms in total. The van der Waals surface area contributed by atoms with Crippen LogP contribution in [0.1, 0.15) is 79.0 Å². The zero-order valence-corrected chi connectivity index (χ0v) is 36.8. The average molecular weight is 938 g/mol. The second-order valence-electron chi connectivity index (χ2n) is 18.7. The molecule has 0 bridgehead atoms. The van der Waals surface area contributed by atoms with Gasteiger partial charge in [-0.3, -0.25) is 9.55 Å². The molecular weight excluding hydrogens is 892 g/mol. The second kappa shape index (κ2) is 13.3. The minimum atomic E-state index is -0.156. The summed E-state index contributed by atoms with van der Waals surface area (Å²) in [4.78, 5) is 15.8. The van der Waals surface area contributed by atoms with Crippen LogP contribution < -0.4 is 4.98 Å². The van der Waals surface area contributed by atoms with Crippen molar-refractivity contribution in [3.63, 3.8) is 0 Å². The fourth-order valence-electron chi connectivity index (χ4n) is 8.33. The van der Waals surface area contributed by atoms with Gasteiger partial charge in [-0.1, -0.05) is 146 Å². The zero-order valence-electron chi connectivity index (χ0n) is 34.5. The maximum Gasteiger partial charge on any atom is 2.00 e. The third-order valence-electron chi connectivity index (χ3n) is 11.7. The largest absolute Gasteiger partial charge is 2.00 e. The van der Waals surface area contributed by atoms with E-state index in [1.54, 1.807) is 0 Å². The Balaban J connectivity index is 0.00000436. The van der Waals surface area contributed by atoms with Gasteiger partial charge in [-0.05, 0) is 62.4 Å². The maximum atomic E-state index is 6.69. The third-order valence-corrected chi connectivity index (χ3v) is 11.7. The minimum Gasteiger partial charge on any atom is -0.663 e. The molecule has 0 unspecified atom stereocenters. The Labute approximate surface area is 353 Å². The quantitative estimate of drug-likeness (QED) is 0.166. The number of hydrogen-bond acceptors (Lipinski definition) is 3. The summed E-state index contributed by atoms with van der Waals surface area (Å²) < 4.78 is 8.85. The van der Waals surface area contributed by atoms with Gasteiger partial charge in [0, 0.05) is 33.4 Å². The number of para-hydroxylation sites is 2. The summed E-state index contributed by atoms with van der Waals surface area (Å²) in [5.74, 6) is 0.704. The normalized spacial score (nSPS) is 12.8. The molecule has 5 heterocycles. The standard InChI is InChI=1S/C52H46N4O.Pt/c1-50(2,3)32-20-21-42-39(26-32)40-28-34(52(7,8)9)27-38(46(40)54-42)30-23-31(25-33(24-30)51(4,5)6)43-29-41-36-16-11-13-19-45(36)57-47(41)49(55-43)56-44-18-12-10-15-35(44)37-17-14-22-53-48(37)56;/h10-22,24-29H,1-9H3;/q-2;+2. The summed E-state index contributed by atoms with van der Waals surface area (Å²) in [6.45, 7) is 20.5. The van der Waals surface area contributed by atoms with Crippen LogP contribution in [0.15, 0.2) is 120 Å². The molecule has 0 radical (unpaired) electrons. The predicted octanol–water partition coefficient (Wildman–Crippen LogP) is 13.8. The zero-order chi connectivity index (χ0) is 39.6. The van der Waals surface area contributed by atoms with Crippen LogP contribution in [0.25, 0.3) is 93.9 Å². The molecule has 0 N–H and O–H groups in total. The topological polar surface area (TPSA) is 58.0 Å². The Morgan fingerprint density at radius 2 is 1.24 bits per heavy atom. The second-order valence-corrected chi connectivity index (χ2v) is 18.7. The fraction of sp³-hybridized carbons (Fsp3) is 0.231. The summed E-state index contributed by atoms with van der Waals surface area (Å²) in [7, 11) is 0. The van der Waals surface area contributed by atoms with Crippen LogP contribution in [0.5, 0.6) is 0 Å². The smallest absolute Gasteiger partial charge is 0.663 e. The van der Waals surface area contributed by atoms with Crippen LogP contribution in [0, 0.1) is 6.07 Å². The molecule has 0 fully saturated rings. The minimum absolute atomic E-state index is 0. The van der Waals surface area contributed by atoms with E-state index in [4.69, 9.17) is 19.4 Å². The van der Waals surface area contributed by atoms with Crippen LogP contribution in [0.4, 0.5) is 0 Å². The number of fused-ring (bicyclic) bond motifs is 9. The Kier molecular flexibility index (Phi) is 8.69. The molecule has 0 spiro atoms. The molecule has 0 aliphatic heterocycles. The molecule has 0 saturated heterocycles. The molecule has 5 aromatic heterocycles. The van der Waals surface area contributed by atoms with Gasteiger partial charge in [0.15, 0.2) is 11.4 Å². The Hall–Kier alpha value is -5.51. The van der Waals surface area contributed by atoms with Gasteiger partial charge in [0.1, 0.15) is 11.2 Å². The summed E-state index contributed by atoms with van der Waals surface area (Å²) in [5, 5.41) is 6.60. The van der Waals surface area contributed by atoms with Crippen molar-refractivity contribution >= 4 is 65.7 Å². The molecule has 0 atom stereocenters. The third kappa shape index (κ3) is 6.09. The van der Waals surface area contributed by atoms with Crippen molar-refractivity contribution in [1.29, 1.82) is 0 Å². The van der Waals surface area contributed by atoms with Crippen molar-refractivity contribution < 1.29 is 25.5 Å². The van der Waals surface area contributed by atoms with Gasteiger partial charge in [0.25, 0.3) is 0 Å². The van der Waals surface area contributed by atoms with Crippen molar-refractivity contribution in [3.05, 3.63) is 138 Å². The molecular formula is C52H46N4OPt. The van der Waals surface area contributed by atoms with E-state index in [2.05, 4.69) is 164 Å². The SMILES string of the molecule is CC(C)(C)c1cc(-c2cc3c(oc4ccccc43)c(-n3c4ccccc4c4cccnc43)n2)[c-]c(-c2cc(C(C)(C)C)cc3c2[n-]c2ccc(C(C)(C)C)cc23)c1.[Pt+2]. The molecule has 290 valence electrons. The molecule has 0 aliphatic carbocycles. The molecule has 0 amide bonds. The first-order chi connectivity index (χ1) is 27.1. The Bertz CT molecular complexity index is 3200. The monoisotopic (exact) mass is 937 g/mol. The maximum absolute atomic E-state index is 6.69. The molecule has 10 aromatic rings. The van der Waals surface area contributed by atoms with Crippen LogP contribution in [0.2, 0.25) is 0 Å². The number of furan rings is 1. The molecule has 0 saturated carbocycles. The van der Waals surface area contributed by atoms with Crippen molar-refractivity contribution in [1.82, 2.24) is 19.5 Å². The van der Waals surface area contributed by atoms with E-state index < -0.39 is 0 Å². The molecule has 58 heavy (non-hydrogen) atoms. The molecule has 5 aromatic carbocycles. The van der Waals surface area contributed by atoms with Gasteiger partial charge < -0.3 is 9.40 Å². The van der Waals surface area contributed by atoms with E-state index in [0.717, 1.165) is 77.3 Å². The molecule has 6 heteroatoms. The fourth-order valence-corrected chi connectivity index (χ4v) is 8.33. The number of benzene rings is 5. The van der Waals surface area contributed by atoms with E-state index in [-0.39, 0.29) is 37.3 Å². The summed E-state index contributed by atoms with van der Waals surface area (Å²) >= 11 is 0. The van der Waals surface area contributed by atoms with E-state index in [1.807, 2.05) is 24.4 Å². The summed E-state index contributed by atoms with van der Waals surface area (Å²) in [6, 6.07) is 43.0. The number of nitrogens with zero attached hydrogens (tertiary/aromatic N) is 4. The van der Waals surface area contributed by atoms with Crippen LogP contribution in [-0.4, -0.2) is 14.5 Å². The predicted molar refractivity (Wildman–Crippen MR) is 238 cm³/mol. The number of pyridine rings is 2. The van der Waals surface area contributed by atoms with Gasteiger partial charge in [0.2, 0.25) is 0 Å². The average Bonchev–Trinajstić information content (AvgIpc) is 3.85. The molecule has 0 aliphatic rings. The van der Waals surface area contributed by atoms with Crippen molar-refractivity contribution in [3.8, 4) is 28.2 Å². The van der Waals surface area contributed by atoms with Crippen molar-refractivity contribution in [2.75, 3.05) is 0 Å². The van der Waals surface area contributed by atoms with Crippen molar-refractivity contribution in [2.45, 2.75) is 78.6 Å². The molecule has 10 rings (SSSR count). The Morgan fingerprint density at radius 3 is 2.00 bits per heavy atom. The van der Waals surface area contributed by atoms with Crippen LogP contribution in [-0.2, 0) is 37.3 Å². The number of hydrogen-bond donors (Lipinski definition) is 0. The van der Waals surface area contributed by atoms with Gasteiger partial charge in [-0.2, -0.15) is 5.52 Å². The van der Waals surface area contributed by atoms with Gasteiger partial charge >= 0.3 is 21.1 Å². The summed E-state index contributed by atoms with van der Waals surface area (Å²) in [6.07, 6.45) is 1.85. The first-order valence-corrected chi connectivity index (χ1v) is 19.9. The number of aromatic nitrogens is 4. The van der Waals surface area contributed by atoms with Crippen LogP contribution >= 0.6 is 0 Å².